The van der Waals surface area contributed by atoms with E-state index >= 15 is 0 Å². The summed E-state index contributed by atoms with van der Waals surface area (Å²) in [6, 6.07) is 0.130. The fraction of sp³-hybridized carbons (Fsp3) is 0.667. The molecule has 0 aromatic carbocycles. The molecule has 3 N–H and O–H groups in total. The van der Waals surface area contributed by atoms with E-state index in [1.54, 1.807) is 6.20 Å². The van der Waals surface area contributed by atoms with Gasteiger partial charge in [0.1, 0.15) is 6.54 Å². The Bertz CT molecular complexity index is 359. The highest BCUT2D eigenvalue weighted by molar-refractivity contribution is 5.75. The smallest absolute Gasteiger partial charge is 0.242 e. The van der Waals surface area contributed by atoms with Crippen molar-refractivity contribution in [3.05, 3.63) is 11.9 Å². The summed E-state index contributed by atoms with van der Waals surface area (Å²) in [5.74, 6) is -0.0797. The summed E-state index contributed by atoms with van der Waals surface area (Å²) in [7, 11) is 0. The zero-order valence-corrected chi connectivity index (χ0v) is 8.93. The lowest BCUT2D eigenvalue weighted by molar-refractivity contribution is -0.122. The van der Waals surface area contributed by atoms with E-state index in [-0.39, 0.29) is 18.5 Å². The monoisotopic (exact) mass is 225 g/mol. The third-order valence-corrected chi connectivity index (χ3v) is 2.40. The van der Waals surface area contributed by atoms with E-state index in [0.717, 1.165) is 6.42 Å². The molecule has 0 aliphatic carbocycles. The number of hydrogen-bond donors (Lipinski definition) is 2. The number of ether oxygens (including phenoxy) is 1. The summed E-state index contributed by atoms with van der Waals surface area (Å²) < 4.78 is 6.64. The maximum absolute atomic E-state index is 11.6. The van der Waals surface area contributed by atoms with Gasteiger partial charge in [-0.1, -0.05) is 5.21 Å². The summed E-state index contributed by atoms with van der Waals surface area (Å²) in [5.41, 5.74) is 6.07. The molecule has 1 fully saturated rings. The van der Waals surface area contributed by atoms with Crippen LogP contribution in [-0.2, 0) is 22.6 Å². The van der Waals surface area contributed by atoms with Crippen LogP contribution in [0.15, 0.2) is 6.20 Å². The average molecular weight is 225 g/mol. The van der Waals surface area contributed by atoms with Crippen molar-refractivity contribution in [2.45, 2.75) is 25.6 Å². The summed E-state index contributed by atoms with van der Waals surface area (Å²) in [5, 5.41) is 10.5. The maximum Gasteiger partial charge on any atom is 0.242 e. The van der Waals surface area contributed by atoms with Crippen LogP contribution < -0.4 is 11.1 Å². The standard InChI is InChI=1S/C9H15N5O2/c10-3-8-4-14(13-12-8)5-9(15)11-7-1-2-16-6-7/h4,7H,1-3,5-6,10H2,(H,11,15). The van der Waals surface area contributed by atoms with Crippen molar-refractivity contribution in [1.82, 2.24) is 20.3 Å². The van der Waals surface area contributed by atoms with Crippen molar-refractivity contribution >= 4 is 5.91 Å². The van der Waals surface area contributed by atoms with Gasteiger partial charge in [0.2, 0.25) is 5.91 Å². The Balaban J connectivity index is 1.81. The molecule has 1 aliphatic rings. The molecule has 0 bridgehead atoms. The van der Waals surface area contributed by atoms with Gasteiger partial charge in [-0.15, -0.1) is 5.10 Å². The van der Waals surface area contributed by atoms with Gasteiger partial charge < -0.3 is 15.8 Å². The Morgan fingerprint density at radius 3 is 3.25 bits per heavy atom. The van der Waals surface area contributed by atoms with Gasteiger partial charge in [0.15, 0.2) is 0 Å². The fourth-order valence-electron chi connectivity index (χ4n) is 1.58. The number of carbonyl (C=O) groups is 1. The largest absolute Gasteiger partial charge is 0.379 e. The van der Waals surface area contributed by atoms with Crippen LogP contribution in [0.25, 0.3) is 0 Å². The number of amides is 1. The van der Waals surface area contributed by atoms with E-state index in [1.165, 1.54) is 4.68 Å². The number of aromatic nitrogens is 3. The minimum atomic E-state index is -0.0797. The zero-order valence-electron chi connectivity index (χ0n) is 8.93. The Kier molecular flexibility index (Phi) is 3.47. The number of rotatable bonds is 4. The van der Waals surface area contributed by atoms with E-state index in [1.807, 2.05) is 0 Å². The van der Waals surface area contributed by atoms with Crippen LogP contribution in [-0.4, -0.2) is 40.2 Å². The van der Waals surface area contributed by atoms with Crippen LogP contribution in [0.5, 0.6) is 0 Å². The molecule has 0 saturated carbocycles. The first-order valence-electron chi connectivity index (χ1n) is 5.24. The minimum absolute atomic E-state index is 0.0797. The van der Waals surface area contributed by atoms with Crippen molar-refractivity contribution in [1.29, 1.82) is 0 Å². The lowest BCUT2D eigenvalue weighted by Crippen LogP contribution is -2.37. The van der Waals surface area contributed by atoms with Crippen molar-refractivity contribution in [2.75, 3.05) is 13.2 Å². The van der Waals surface area contributed by atoms with E-state index in [2.05, 4.69) is 15.6 Å². The second kappa shape index (κ2) is 5.04. The van der Waals surface area contributed by atoms with Crippen LogP contribution in [0.4, 0.5) is 0 Å². The van der Waals surface area contributed by atoms with Gasteiger partial charge in [-0.25, -0.2) is 4.68 Å². The molecule has 1 aromatic heterocycles. The second-order valence-corrected chi connectivity index (χ2v) is 3.74. The quantitative estimate of drug-likeness (QED) is 0.660. The van der Waals surface area contributed by atoms with E-state index in [0.29, 0.717) is 25.5 Å². The number of nitrogens with zero attached hydrogens (tertiary/aromatic N) is 3. The Morgan fingerprint density at radius 1 is 1.75 bits per heavy atom. The number of carbonyl (C=O) groups excluding carboxylic acids is 1. The van der Waals surface area contributed by atoms with Gasteiger partial charge in [0, 0.05) is 13.2 Å². The lowest BCUT2D eigenvalue weighted by atomic mass is 10.2. The fourth-order valence-corrected chi connectivity index (χ4v) is 1.58. The molecule has 1 saturated heterocycles. The number of hydrogen-bond acceptors (Lipinski definition) is 5. The second-order valence-electron chi connectivity index (χ2n) is 3.74. The van der Waals surface area contributed by atoms with Gasteiger partial charge in [-0.3, -0.25) is 4.79 Å². The molecular formula is C9H15N5O2. The van der Waals surface area contributed by atoms with E-state index in [4.69, 9.17) is 10.5 Å². The predicted octanol–water partition coefficient (Wildman–Crippen LogP) is -1.36. The minimum Gasteiger partial charge on any atom is -0.379 e. The number of nitrogens with two attached hydrogens (primary N) is 1. The molecule has 2 heterocycles. The summed E-state index contributed by atoms with van der Waals surface area (Å²) >= 11 is 0. The molecule has 7 nitrogen and oxygen atoms in total. The number of nitrogens with one attached hydrogen (secondary N) is 1. The molecule has 88 valence electrons. The van der Waals surface area contributed by atoms with Crippen LogP contribution in [0.2, 0.25) is 0 Å². The maximum atomic E-state index is 11.6. The molecule has 16 heavy (non-hydrogen) atoms. The molecule has 2 rings (SSSR count). The van der Waals surface area contributed by atoms with Crippen molar-refractivity contribution in [3.63, 3.8) is 0 Å². The van der Waals surface area contributed by atoms with Crippen molar-refractivity contribution < 1.29 is 9.53 Å². The molecule has 7 heteroatoms. The third kappa shape index (κ3) is 2.77. The summed E-state index contributed by atoms with van der Waals surface area (Å²) in [6.45, 7) is 1.81. The highest BCUT2D eigenvalue weighted by atomic mass is 16.5. The van der Waals surface area contributed by atoms with Crippen molar-refractivity contribution in [3.8, 4) is 0 Å². The molecule has 1 aliphatic heterocycles. The Labute approximate surface area is 92.9 Å². The molecule has 1 amide bonds. The first kappa shape index (κ1) is 11.0. The first-order chi connectivity index (χ1) is 7.78. The van der Waals surface area contributed by atoms with Crippen LogP contribution in [0, 0.1) is 0 Å². The lowest BCUT2D eigenvalue weighted by Gasteiger charge is -2.09. The Hall–Kier alpha value is -1.47. The van der Waals surface area contributed by atoms with Crippen LogP contribution in [0.3, 0.4) is 0 Å². The SMILES string of the molecule is NCc1cn(CC(=O)NC2CCOC2)nn1. The van der Waals surface area contributed by atoms with Gasteiger partial charge in [-0.05, 0) is 6.42 Å². The highest BCUT2D eigenvalue weighted by Gasteiger charge is 2.17. The molecule has 0 spiro atoms. The average Bonchev–Trinajstić information content (AvgIpc) is 2.89. The zero-order chi connectivity index (χ0) is 11.4. The summed E-state index contributed by atoms with van der Waals surface area (Å²) in [6.07, 6.45) is 2.54. The molecule has 1 unspecified atom stereocenters. The highest BCUT2D eigenvalue weighted by Crippen LogP contribution is 2.03. The van der Waals surface area contributed by atoms with E-state index < -0.39 is 0 Å². The van der Waals surface area contributed by atoms with Gasteiger partial charge >= 0.3 is 0 Å². The molecular weight excluding hydrogens is 210 g/mol. The van der Waals surface area contributed by atoms with Gasteiger partial charge in [0.25, 0.3) is 0 Å². The topological polar surface area (TPSA) is 95.1 Å². The van der Waals surface area contributed by atoms with Crippen LogP contribution in [0.1, 0.15) is 12.1 Å². The Morgan fingerprint density at radius 2 is 2.62 bits per heavy atom. The molecule has 1 aromatic rings. The molecule has 0 radical (unpaired) electrons. The van der Waals surface area contributed by atoms with E-state index in [9.17, 15) is 4.79 Å². The van der Waals surface area contributed by atoms with Crippen LogP contribution >= 0.6 is 0 Å². The molecule has 1 atom stereocenters. The predicted molar refractivity (Wildman–Crippen MR) is 55.3 cm³/mol. The third-order valence-electron chi connectivity index (χ3n) is 2.40. The first-order valence-corrected chi connectivity index (χ1v) is 5.24. The summed E-state index contributed by atoms with van der Waals surface area (Å²) in [4.78, 5) is 11.6. The normalized spacial score (nSPS) is 19.9. The van der Waals surface area contributed by atoms with Gasteiger partial charge in [0.05, 0.1) is 24.5 Å². The van der Waals surface area contributed by atoms with Gasteiger partial charge in [-0.2, -0.15) is 0 Å². The van der Waals surface area contributed by atoms with Crippen molar-refractivity contribution in [2.24, 2.45) is 5.73 Å².